The largest absolute Gasteiger partial charge is 0.383 e. The van der Waals surface area contributed by atoms with Gasteiger partial charge < -0.3 is 14.5 Å². The Kier molecular flexibility index (Phi) is 7.44. The van der Waals surface area contributed by atoms with Crippen LogP contribution >= 0.6 is 0 Å². The molecule has 0 saturated carbocycles. The first-order valence-electron chi connectivity index (χ1n) is 9.21. The molecule has 1 heterocycles. The summed E-state index contributed by atoms with van der Waals surface area (Å²) < 4.78 is 5.17. The molecular weight excluding hydrogens is 316 g/mol. The van der Waals surface area contributed by atoms with Crippen molar-refractivity contribution in [3.05, 3.63) is 35.9 Å². The third-order valence-electron chi connectivity index (χ3n) is 4.98. The van der Waals surface area contributed by atoms with Crippen LogP contribution in [0.2, 0.25) is 0 Å². The maximum atomic E-state index is 13.0. The van der Waals surface area contributed by atoms with E-state index in [1.807, 2.05) is 40.1 Å². The van der Waals surface area contributed by atoms with E-state index in [-0.39, 0.29) is 23.8 Å². The topological polar surface area (TPSA) is 49.9 Å². The molecule has 1 saturated heterocycles. The number of benzene rings is 1. The smallest absolute Gasteiger partial charge is 0.228 e. The fraction of sp³-hybridized carbons (Fsp3) is 0.600. The number of methoxy groups -OCH3 is 1. The summed E-state index contributed by atoms with van der Waals surface area (Å²) in [7, 11) is 1.64. The van der Waals surface area contributed by atoms with Crippen molar-refractivity contribution in [2.75, 3.05) is 26.8 Å². The van der Waals surface area contributed by atoms with Crippen molar-refractivity contribution in [1.82, 2.24) is 9.80 Å². The molecule has 0 bridgehead atoms. The monoisotopic (exact) mass is 346 g/mol. The third kappa shape index (κ3) is 5.05. The molecule has 1 aromatic carbocycles. The molecule has 1 aliphatic rings. The molecule has 0 spiro atoms. The van der Waals surface area contributed by atoms with Crippen LogP contribution in [0.15, 0.2) is 30.3 Å². The van der Waals surface area contributed by atoms with Crippen molar-refractivity contribution in [2.45, 2.75) is 45.7 Å². The lowest BCUT2D eigenvalue weighted by atomic mass is 10.1. The highest BCUT2D eigenvalue weighted by Crippen LogP contribution is 2.25. The van der Waals surface area contributed by atoms with Gasteiger partial charge >= 0.3 is 0 Å². The molecule has 138 valence electrons. The van der Waals surface area contributed by atoms with Gasteiger partial charge in [0.25, 0.3) is 0 Å². The van der Waals surface area contributed by atoms with E-state index in [0.717, 1.165) is 18.4 Å². The van der Waals surface area contributed by atoms with E-state index >= 15 is 0 Å². The fourth-order valence-electron chi connectivity index (χ4n) is 3.51. The third-order valence-corrected chi connectivity index (χ3v) is 4.98. The Morgan fingerprint density at radius 2 is 1.96 bits per heavy atom. The van der Waals surface area contributed by atoms with Crippen molar-refractivity contribution in [3.8, 4) is 0 Å². The Balaban J connectivity index is 2.07. The molecular formula is C20H30N2O3. The van der Waals surface area contributed by atoms with Gasteiger partial charge in [0, 0.05) is 39.2 Å². The van der Waals surface area contributed by atoms with Crippen molar-refractivity contribution < 1.29 is 14.3 Å². The average Bonchev–Trinajstić information content (AvgIpc) is 3.02. The molecule has 0 aliphatic carbocycles. The predicted octanol–water partition coefficient (Wildman–Crippen LogP) is 2.70. The lowest BCUT2D eigenvalue weighted by molar-refractivity contribution is -0.137. The molecule has 5 nitrogen and oxygen atoms in total. The lowest BCUT2D eigenvalue weighted by Crippen LogP contribution is -2.40. The zero-order valence-corrected chi connectivity index (χ0v) is 15.6. The average molecular weight is 346 g/mol. The predicted molar refractivity (Wildman–Crippen MR) is 97.9 cm³/mol. The zero-order valence-electron chi connectivity index (χ0n) is 15.6. The van der Waals surface area contributed by atoms with Gasteiger partial charge in [-0.2, -0.15) is 0 Å². The second kappa shape index (κ2) is 9.56. The maximum absolute atomic E-state index is 13.0. The molecule has 5 heteroatoms. The zero-order chi connectivity index (χ0) is 18.2. The van der Waals surface area contributed by atoms with Crippen LogP contribution < -0.4 is 0 Å². The van der Waals surface area contributed by atoms with E-state index in [2.05, 4.69) is 13.8 Å². The van der Waals surface area contributed by atoms with Crippen LogP contribution in [0.25, 0.3) is 0 Å². The minimum absolute atomic E-state index is 0.0581. The molecule has 0 radical (unpaired) electrons. The summed E-state index contributed by atoms with van der Waals surface area (Å²) in [6.07, 6.45) is 2.19. The Morgan fingerprint density at radius 1 is 1.28 bits per heavy atom. The molecule has 1 fully saturated rings. The minimum atomic E-state index is -0.242. The highest BCUT2D eigenvalue weighted by atomic mass is 16.5. The van der Waals surface area contributed by atoms with Crippen LogP contribution in [-0.2, 0) is 20.9 Å². The Labute approximate surface area is 150 Å². The van der Waals surface area contributed by atoms with Gasteiger partial charge in [-0.3, -0.25) is 9.59 Å². The van der Waals surface area contributed by atoms with E-state index in [1.165, 1.54) is 0 Å². The van der Waals surface area contributed by atoms with Crippen molar-refractivity contribution >= 4 is 11.8 Å². The van der Waals surface area contributed by atoms with Gasteiger partial charge in [0.1, 0.15) is 0 Å². The van der Waals surface area contributed by atoms with Gasteiger partial charge in [0.2, 0.25) is 11.8 Å². The van der Waals surface area contributed by atoms with Crippen molar-refractivity contribution in [2.24, 2.45) is 5.92 Å². The van der Waals surface area contributed by atoms with E-state index in [9.17, 15) is 9.59 Å². The number of ether oxygens (including phenoxy) is 1. The Bertz CT molecular complexity index is 557. The molecule has 0 N–H and O–H groups in total. The van der Waals surface area contributed by atoms with Crippen LogP contribution in [-0.4, -0.2) is 54.5 Å². The summed E-state index contributed by atoms with van der Waals surface area (Å²) in [4.78, 5) is 29.1. The Morgan fingerprint density at radius 3 is 2.56 bits per heavy atom. The highest BCUT2D eigenvalue weighted by molar-refractivity contribution is 5.89. The first kappa shape index (κ1) is 19.4. The molecule has 1 aromatic rings. The second-order valence-corrected chi connectivity index (χ2v) is 6.66. The van der Waals surface area contributed by atoms with E-state index in [0.29, 0.717) is 32.7 Å². The molecule has 2 rings (SSSR count). The van der Waals surface area contributed by atoms with Crippen LogP contribution in [0.3, 0.4) is 0 Å². The maximum Gasteiger partial charge on any atom is 0.228 e. The van der Waals surface area contributed by atoms with Crippen LogP contribution in [0.5, 0.6) is 0 Å². The standard InChI is InChI=1S/C20H30N2O3/c1-4-18(5-2)22-15-17(13-19(22)23)20(24)21(11-12-25-3)14-16-9-7-6-8-10-16/h6-10,17-18H,4-5,11-15H2,1-3H3. The van der Waals surface area contributed by atoms with E-state index in [4.69, 9.17) is 4.74 Å². The quantitative estimate of drug-likeness (QED) is 0.691. The van der Waals surface area contributed by atoms with E-state index < -0.39 is 0 Å². The summed E-state index contributed by atoms with van der Waals surface area (Å²) in [6, 6.07) is 10.2. The first-order chi connectivity index (χ1) is 12.1. The summed E-state index contributed by atoms with van der Waals surface area (Å²) >= 11 is 0. The number of nitrogens with zero attached hydrogens (tertiary/aromatic N) is 2. The van der Waals surface area contributed by atoms with Crippen LogP contribution in [0, 0.1) is 5.92 Å². The molecule has 2 amide bonds. The number of carbonyl (C=O) groups is 2. The minimum Gasteiger partial charge on any atom is -0.383 e. The number of amides is 2. The molecule has 25 heavy (non-hydrogen) atoms. The molecule has 0 aromatic heterocycles. The fourth-order valence-corrected chi connectivity index (χ4v) is 3.51. The van der Waals surface area contributed by atoms with Crippen LogP contribution in [0.4, 0.5) is 0 Å². The summed E-state index contributed by atoms with van der Waals surface area (Å²) in [6.45, 7) is 6.32. The van der Waals surface area contributed by atoms with E-state index in [1.54, 1.807) is 7.11 Å². The number of rotatable bonds is 9. The molecule has 1 atom stereocenters. The van der Waals surface area contributed by atoms with Crippen molar-refractivity contribution in [1.29, 1.82) is 0 Å². The number of carbonyl (C=O) groups excluding carboxylic acids is 2. The lowest BCUT2D eigenvalue weighted by Gasteiger charge is -2.28. The summed E-state index contributed by atoms with van der Waals surface area (Å²) in [5, 5.41) is 0. The normalized spacial score (nSPS) is 17.4. The van der Waals surface area contributed by atoms with Gasteiger partial charge in [0.15, 0.2) is 0 Å². The van der Waals surface area contributed by atoms with Gasteiger partial charge in [-0.05, 0) is 18.4 Å². The van der Waals surface area contributed by atoms with Gasteiger partial charge in [-0.1, -0.05) is 44.2 Å². The number of hydrogen-bond donors (Lipinski definition) is 0. The van der Waals surface area contributed by atoms with Gasteiger partial charge in [-0.15, -0.1) is 0 Å². The highest BCUT2D eigenvalue weighted by Gasteiger charge is 2.38. The Hall–Kier alpha value is -1.88. The number of hydrogen-bond acceptors (Lipinski definition) is 3. The van der Waals surface area contributed by atoms with Gasteiger partial charge in [-0.25, -0.2) is 0 Å². The SMILES string of the molecule is CCC(CC)N1CC(C(=O)N(CCOC)Cc2ccccc2)CC1=O. The first-order valence-corrected chi connectivity index (χ1v) is 9.21. The number of likely N-dealkylation sites (tertiary alicyclic amines) is 1. The molecule has 1 aliphatic heterocycles. The van der Waals surface area contributed by atoms with Crippen LogP contribution in [0.1, 0.15) is 38.7 Å². The van der Waals surface area contributed by atoms with Crippen molar-refractivity contribution in [3.63, 3.8) is 0 Å². The van der Waals surface area contributed by atoms with Gasteiger partial charge in [0.05, 0.1) is 12.5 Å². The summed E-state index contributed by atoms with van der Waals surface area (Å²) in [5.41, 5.74) is 1.09. The molecule has 1 unspecified atom stereocenters. The second-order valence-electron chi connectivity index (χ2n) is 6.66. The summed E-state index contributed by atoms with van der Waals surface area (Å²) in [5.74, 6) is -0.0742.